The van der Waals surface area contributed by atoms with Crippen molar-refractivity contribution in [2.24, 2.45) is 0 Å². The quantitative estimate of drug-likeness (QED) is 0.110. The van der Waals surface area contributed by atoms with E-state index in [0.29, 0.717) is 35.6 Å². The normalized spacial score (nSPS) is 11.8. The lowest BCUT2D eigenvalue weighted by molar-refractivity contribution is -0.275. The highest BCUT2D eigenvalue weighted by molar-refractivity contribution is 5.74. The van der Waals surface area contributed by atoms with Gasteiger partial charge in [-0.25, -0.2) is 17.6 Å². The monoisotopic (exact) mass is 658 g/mol. The average molecular weight is 659 g/mol. The third-order valence-corrected chi connectivity index (χ3v) is 7.14. The molecule has 0 bridgehead atoms. The van der Waals surface area contributed by atoms with E-state index in [2.05, 4.69) is 11.3 Å². The molecule has 0 amide bonds. The molecule has 0 saturated heterocycles. The van der Waals surface area contributed by atoms with Crippen LogP contribution in [-0.4, -0.2) is 6.36 Å². The lowest BCUT2D eigenvalue weighted by Gasteiger charge is -2.19. The topological polar surface area (TPSA) is 18.5 Å². The molecule has 5 aromatic rings. The maximum atomic E-state index is 15.2. The van der Waals surface area contributed by atoms with Crippen molar-refractivity contribution in [3.8, 4) is 44.9 Å². The number of halogens is 9. The minimum atomic E-state index is -5.11. The maximum absolute atomic E-state index is 15.2. The number of ether oxygens (including phenoxy) is 2. The van der Waals surface area contributed by atoms with E-state index >= 15 is 8.78 Å². The zero-order chi connectivity index (χ0) is 33.9. The van der Waals surface area contributed by atoms with E-state index in [1.54, 1.807) is 6.08 Å². The SMILES string of the molecule is C=CCCc1ccc(C(F)(F)Oc2ccc(-c3ccc(-c4ccc(-c5ccc(OC(F)(F)F)c(F)c5)c(F)c4)c(F)c3)cc2)c(F)c1. The number of alkyl halides is 5. The van der Waals surface area contributed by atoms with Crippen LogP contribution in [-0.2, 0) is 12.5 Å². The van der Waals surface area contributed by atoms with Gasteiger partial charge in [-0.05, 0) is 89.2 Å². The molecule has 0 aliphatic rings. The number of aryl methyl sites for hydroxylation is 1. The van der Waals surface area contributed by atoms with Crippen LogP contribution in [0.1, 0.15) is 17.5 Å². The van der Waals surface area contributed by atoms with Gasteiger partial charge < -0.3 is 9.47 Å². The summed E-state index contributed by atoms with van der Waals surface area (Å²) < 4.78 is 134. The molecule has 0 unspecified atom stereocenters. The fraction of sp³-hybridized carbons (Fsp3) is 0.111. The average Bonchev–Trinajstić information content (AvgIpc) is 3.00. The molecule has 5 rings (SSSR count). The molecule has 0 aliphatic heterocycles. The molecule has 0 aliphatic carbocycles. The summed E-state index contributed by atoms with van der Waals surface area (Å²) in [4.78, 5) is 0. The van der Waals surface area contributed by atoms with Crippen molar-refractivity contribution in [2.75, 3.05) is 0 Å². The first-order valence-corrected chi connectivity index (χ1v) is 14.0. The molecule has 0 saturated carbocycles. The Bertz CT molecular complexity index is 1920. The molecule has 0 radical (unpaired) electrons. The Morgan fingerprint density at radius 1 is 0.553 bits per heavy atom. The molecule has 0 N–H and O–H groups in total. The molecule has 0 heterocycles. The van der Waals surface area contributed by atoms with Crippen LogP contribution in [0.15, 0.2) is 110 Å². The van der Waals surface area contributed by atoms with E-state index in [1.807, 2.05) is 0 Å². The minimum Gasteiger partial charge on any atom is -0.429 e. The molecular formula is C36H23F9O2. The van der Waals surface area contributed by atoms with E-state index in [4.69, 9.17) is 4.74 Å². The van der Waals surface area contributed by atoms with Crippen molar-refractivity contribution in [1.82, 2.24) is 0 Å². The van der Waals surface area contributed by atoms with Crippen molar-refractivity contribution >= 4 is 0 Å². The number of hydrogen-bond donors (Lipinski definition) is 0. The predicted octanol–water partition coefficient (Wildman–Crippen LogP) is 11.4. The van der Waals surface area contributed by atoms with Gasteiger partial charge in [-0.2, -0.15) is 8.78 Å². The van der Waals surface area contributed by atoms with E-state index < -0.39 is 47.1 Å². The summed E-state index contributed by atoms with van der Waals surface area (Å²) >= 11 is 0. The fourth-order valence-corrected chi connectivity index (χ4v) is 4.86. The molecule has 242 valence electrons. The lowest BCUT2D eigenvalue weighted by atomic mass is 9.97. The molecule has 11 heteroatoms. The standard InChI is InChI=1S/C36H23F9O2/c1-2-3-4-21-5-15-29(32(39)17-21)35(41,42)46-26-11-6-22(7-12-26)23-8-13-27(30(37)18-23)24-9-14-28(31(38)19-24)25-10-16-34(33(40)20-25)47-36(43,44)45/h2,5-20H,1,3-4H2. The Balaban J connectivity index is 1.30. The Kier molecular flexibility index (Phi) is 9.37. The molecular weight excluding hydrogens is 635 g/mol. The van der Waals surface area contributed by atoms with E-state index in [-0.39, 0.29) is 28.0 Å². The van der Waals surface area contributed by atoms with Crippen LogP contribution in [0.5, 0.6) is 11.5 Å². The van der Waals surface area contributed by atoms with Gasteiger partial charge in [0.25, 0.3) is 0 Å². The van der Waals surface area contributed by atoms with Crippen LogP contribution in [0.25, 0.3) is 33.4 Å². The first-order valence-electron chi connectivity index (χ1n) is 14.0. The molecule has 5 aromatic carbocycles. The second-order valence-electron chi connectivity index (χ2n) is 10.4. The van der Waals surface area contributed by atoms with Gasteiger partial charge >= 0.3 is 12.5 Å². The molecule has 0 fully saturated rings. The summed E-state index contributed by atoms with van der Waals surface area (Å²) in [5, 5.41) is 0. The number of rotatable bonds is 10. The van der Waals surface area contributed by atoms with Gasteiger partial charge in [0.1, 0.15) is 23.2 Å². The van der Waals surface area contributed by atoms with Crippen molar-refractivity contribution in [1.29, 1.82) is 0 Å². The Morgan fingerprint density at radius 2 is 1.11 bits per heavy atom. The number of benzene rings is 5. The first kappa shape index (κ1) is 33.2. The molecule has 0 aromatic heterocycles. The van der Waals surface area contributed by atoms with Gasteiger partial charge in [-0.15, -0.1) is 19.8 Å². The van der Waals surface area contributed by atoms with Gasteiger partial charge in [-0.1, -0.05) is 54.6 Å². The van der Waals surface area contributed by atoms with Crippen molar-refractivity contribution in [3.63, 3.8) is 0 Å². The smallest absolute Gasteiger partial charge is 0.429 e. The van der Waals surface area contributed by atoms with E-state index in [1.165, 1.54) is 54.6 Å². The van der Waals surface area contributed by atoms with Crippen LogP contribution in [0.4, 0.5) is 39.5 Å². The van der Waals surface area contributed by atoms with Crippen LogP contribution in [0.3, 0.4) is 0 Å². The number of hydrogen-bond acceptors (Lipinski definition) is 2. The van der Waals surface area contributed by atoms with E-state index in [9.17, 15) is 30.7 Å². The summed E-state index contributed by atoms with van der Waals surface area (Å²) in [5.41, 5.74) is 0.340. The molecule has 0 spiro atoms. The Hall–Kier alpha value is -5.19. The van der Waals surface area contributed by atoms with Gasteiger partial charge in [0, 0.05) is 11.1 Å². The second kappa shape index (κ2) is 13.3. The minimum absolute atomic E-state index is 0.0106. The Morgan fingerprint density at radius 3 is 1.66 bits per heavy atom. The van der Waals surface area contributed by atoms with Crippen LogP contribution in [0.2, 0.25) is 0 Å². The van der Waals surface area contributed by atoms with Crippen LogP contribution >= 0.6 is 0 Å². The van der Waals surface area contributed by atoms with Crippen molar-refractivity contribution in [3.05, 3.63) is 144 Å². The zero-order valence-electron chi connectivity index (χ0n) is 24.2. The largest absolute Gasteiger partial charge is 0.573 e. The Labute approximate surface area is 263 Å². The third kappa shape index (κ3) is 7.79. The zero-order valence-corrected chi connectivity index (χ0v) is 24.2. The fourth-order valence-electron chi connectivity index (χ4n) is 4.86. The summed E-state index contributed by atoms with van der Waals surface area (Å²) in [6.07, 6.45) is -6.43. The predicted molar refractivity (Wildman–Crippen MR) is 159 cm³/mol. The first-order chi connectivity index (χ1) is 22.2. The summed E-state index contributed by atoms with van der Waals surface area (Å²) in [6.45, 7) is 3.57. The van der Waals surface area contributed by atoms with Gasteiger partial charge in [0.2, 0.25) is 0 Å². The van der Waals surface area contributed by atoms with Crippen molar-refractivity contribution < 1.29 is 49.0 Å². The molecule has 47 heavy (non-hydrogen) atoms. The summed E-state index contributed by atoms with van der Waals surface area (Å²) in [6, 6.07) is 18.8. The maximum Gasteiger partial charge on any atom is 0.573 e. The summed E-state index contributed by atoms with van der Waals surface area (Å²) in [7, 11) is 0. The highest BCUT2D eigenvalue weighted by Gasteiger charge is 2.37. The number of allylic oxidation sites excluding steroid dienone is 1. The van der Waals surface area contributed by atoms with Gasteiger partial charge in [0.15, 0.2) is 11.6 Å². The lowest BCUT2D eigenvalue weighted by Crippen LogP contribution is -2.23. The molecule has 0 atom stereocenters. The van der Waals surface area contributed by atoms with Gasteiger partial charge in [0.05, 0.1) is 5.56 Å². The van der Waals surface area contributed by atoms with E-state index in [0.717, 1.165) is 36.4 Å². The van der Waals surface area contributed by atoms with Gasteiger partial charge in [-0.3, -0.25) is 0 Å². The second-order valence-corrected chi connectivity index (χ2v) is 10.4. The van der Waals surface area contributed by atoms with Crippen molar-refractivity contribution in [2.45, 2.75) is 25.3 Å². The van der Waals surface area contributed by atoms with Crippen LogP contribution in [0, 0.1) is 23.3 Å². The summed E-state index contributed by atoms with van der Waals surface area (Å²) in [5.74, 6) is -5.42. The third-order valence-electron chi connectivity index (χ3n) is 7.14. The highest BCUT2D eigenvalue weighted by atomic mass is 19.4. The highest BCUT2D eigenvalue weighted by Crippen LogP contribution is 2.36. The van der Waals surface area contributed by atoms with Crippen LogP contribution < -0.4 is 9.47 Å². The molecule has 2 nitrogen and oxygen atoms in total.